The van der Waals surface area contributed by atoms with E-state index in [1.807, 2.05) is 34.6 Å². The van der Waals surface area contributed by atoms with Crippen molar-refractivity contribution in [3.63, 3.8) is 0 Å². The van der Waals surface area contributed by atoms with Gasteiger partial charge in [0.05, 0.1) is 22.6 Å². The van der Waals surface area contributed by atoms with Crippen molar-refractivity contribution in [1.82, 2.24) is 15.1 Å². The third-order valence-electron chi connectivity index (χ3n) is 3.59. The summed E-state index contributed by atoms with van der Waals surface area (Å²) >= 11 is 0. The molecule has 0 aliphatic heterocycles. The Morgan fingerprint density at radius 2 is 2.00 bits per heavy atom. The van der Waals surface area contributed by atoms with Crippen molar-refractivity contribution in [2.24, 2.45) is 0 Å². The van der Waals surface area contributed by atoms with E-state index in [-0.39, 0.29) is 23.7 Å². The van der Waals surface area contributed by atoms with E-state index in [1.54, 1.807) is 16.8 Å². The first-order valence-corrected chi connectivity index (χ1v) is 8.03. The van der Waals surface area contributed by atoms with E-state index in [2.05, 4.69) is 10.4 Å². The van der Waals surface area contributed by atoms with E-state index >= 15 is 0 Å². The summed E-state index contributed by atoms with van der Waals surface area (Å²) in [4.78, 5) is 12.6. The lowest BCUT2D eigenvalue weighted by Gasteiger charge is -2.11. The van der Waals surface area contributed by atoms with Crippen LogP contribution in [0.25, 0.3) is 5.69 Å². The summed E-state index contributed by atoms with van der Waals surface area (Å²) in [5.74, 6) is -0.342. The molecule has 0 fully saturated rings. The summed E-state index contributed by atoms with van der Waals surface area (Å²) in [6.45, 7) is 9.84. The minimum Gasteiger partial charge on any atom is -0.350 e. The first-order valence-electron chi connectivity index (χ1n) is 8.03. The van der Waals surface area contributed by atoms with E-state index in [1.165, 1.54) is 12.1 Å². The highest BCUT2D eigenvalue weighted by molar-refractivity contribution is 5.97. The minimum atomic E-state index is -0.320. The van der Waals surface area contributed by atoms with E-state index in [9.17, 15) is 9.18 Å². The zero-order valence-electron chi connectivity index (χ0n) is 14.4. The van der Waals surface area contributed by atoms with Crippen molar-refractivity contribution < 1.29 is 9.18 Å². The van der Waals surface area contributed by atoms with Gasteiger partial charge in [-0.25, -0.2) is 9.07 Å². The predicted octanol–water partition coefficient (Wildman–Crippen LogP) is 3.84. The van der Waals surface area contributed by atoms with Gasteiger partial charge in [0, 0.05) is 6.04 Å². The van der Waals surface area contributed by atoms with Crippen molar-refractivity contribution in [1.29, 1.82) is 0 Å². The molecule has 0 aliphatic rings. The zero-order valence-corrected chi connectivity index (χ0v) is 14.4. The molecule has 5 heteroatoms. The second kappa shape index (κ2) is 6.94. The van der Waals surface area contributed by atoms with E-state index in [4.69, 9.17) is 0 Å². The highest BCUT2D eigenvalue weighted by Gasteiger charge is 2.25. The number of nitrogens with zero attached hydrogens (tertiary/aromatic N) is 2. The van der Waals surface area contributed by atoms with Crippen molar-refractivity contribution in [2.45, 2.75) is 53.0 Å². The molecular weight excluding hydrogens is 293 g/mol. The number of amides is 1. The molecule has 0 radical (unpaired) electrons. The average Bonchev–Trinajstić information content (AvgIpc) is 2.86. The molecule has 1 aromatic carbocycles. The van der Waals surface area contributed by atoms with Crippen molar-refractivity contribution in [2.75, 3.05) is 0 Å². The Balaban J connectivity index is 2.63. The SMILES string of the molecule is CCc1c(C(=O)NC(C)C)c(C(C)C)nn1-c1cccc(F)c1. The van der Waals surface area contributed by atoms with Gasteiger partial charge in [0.1, 0.15) is 5.82 Å². The smallest absolute Gasteiger partial charge is 0.255 e. The van der Waals surface area contributed by atoms with Crippen LogP contribution in [-0.2, 0) is 6.42 Å². The van der Waals surface area contributed by atoms with Crippen LogP contribution in [0.4, 0.5) is 4.39 Å². The third-order valence-corrected chi connectivity index (χ3v) is 3.59. The molecule has 0 saturated carbocycles. The lowest BCUT2D eigenvalue weighted by atomic mass is 10.0. The maximum absolute atomic E-state index is 13.6. The van der Waals surface area contributed by atoms with Gasteiger partial charge in [-0.3, -0.25) is 4.79 Å². The van der Waals surface area contributed by atoms with Gasteiger partial charge in [-0.15, -0.1) is 0 Å². The number of carbonyl (C=O) groups excluding carboxylic acids is 1. The number of carbonyl (C=O) groups is 1. The Morgan fingerprint density at radius 3 is 2.52 bits per heavy atom. The molecule has 0 unspecified atom stereocenters. The van der Waals surface area contributed by atoms with Gasteiger partial charge >= 0.3 is 0 Å². The molecule has 1 heterocycles. The Morgan fingerprint density at radius 1 is 1.30 bits per heavy atom. The van der Waals surface area contributed by atoms with Crippen LogP contribution >= 0.6 is 0 Å². The Bertz CT molecular complexity index is 704. The summed E-state index contributed by atoms with van der Waals surface area (Å²) < 4.78 is 15.3. The summed E-state index contributed by atoms with van der Waals surface area (Å²) in [5.41, 5.74) is 2.79. The Hall–Kier alpha value is -2.17. The Labute approximate surface area is 136 Å². The molecule has 2 aromatic rings. The third kappa shape index (κ3) is 3.60. The fourth-order valence-corrected chi connectivity index (χ4v) is 2.61. The molecule has 0 spiro atoms. The number of halogens is 1. The zero-order chi connectivity index (χ0) is 17.1. The van der Waals surface area contributed by atoms with Gasteiger partial charge < -0.3 is 5.32 Å². The highest BCUT2D eigenvalue weighted by atomic mass is 19.1. The van der Waals surface area contributed by atoms with Crippen LogP contribution in [0.3, 0.4) is 0 Å². The summed E-state index contributed by atoms with van der Waals surface area (Å²) in [6.07, 6.45) is 0.636. The largest absolute Gasteiger partial charge is 0.350 e. The first kappa shape index (κ1) is 17.2. The molecule has 2 rings (SSSR count). The van der Waals surface area contributed by atoms with Crippen LogP contribution in [0, 0.1) is 5.82 Å². The number of hydrogen-bond acceptors (Lipinski definition) is 2. The van der Waals surface area contributed by atoms with Gasteiger partial charge in [-0.2, -0.15) is 5.10 Å². The van der Waals surface area contributed by atoms with Gasteiger partial charge in [0.25, 0.3) is 5.91 Å². The number of rotatable bonds is 5. The van der Waals surface area contributed by atoms with Gasteiger partial charge in [-0.1, -0.05) is 26.8 Å². The number of aromatic nitrogens is 2. The van der Waals surface area contributed by atoms with Crippen LogP contribution in [0.5, 0.6) is 0 Å². The average molecular weight is 317 g/mol. The van der Waals surface area contributed by atoms with Crippen LogP contribution in [0.15, 0.2) is 24.3 Å². The number of benzene rings is 1. The molecule has 0 aliphatic carbocycles. The van der Waals surface area contributed by atoms with Crippen molar-refractivity contribution in [3.05, 3.63) is 47.0 Å². The predicted molar refractivity (Wildman–Crippen MR) is 89.6 cm³/mol. The van der Waals surface area contributed by atoms with Gasteiger partial charge in [0.15, 0.2) is 0 Å². The van der Waals surface area contributed by atoms with Crippen LogP contribution < -0.4 is 5.32 Å². The second-order valence-corrected chi connectivity index (χ2v) is 6.24. The molecule has 1 N–H and O–H groups in total. The van der Waals surface area contributed by atoms with Crippen LogP contribution in [0.1, 0.15) is 62.3 Å². The molecule has 0 bridgehead atoms. The van der Waals surface area contributed by atoms with Crippen molar-refractivity contribution >= 4 is 5.91 Å². The standard InChI is InChI=1S/C18H24FN3O/c1-6-15-16(18(23)20-12(4)5)17(11(2)3)21-22(15)14-9-7-8-13(19)10-14/h7-12H,6H2,1-5H3,(H,20,23). The number of nitrogens with one attached hydrogen (secondary N) is 1. The quantitative estimate of drug-likeness (QED) is 0.911. The lowest BCUT2D eigenvalue weighted by Crippen LogP contribution is -2.31. The van der Waals surface area contributed by atoms with Gasteiger partial charge in [-0.05, 0) is 44.4 Å². The lowest BCUT2D eigenvalue weighted by molar-refractivity contribution is 0.0941. The van der Waals surface area contributed by atoms with Crippen LogP contribution in [0.2, 0.25) is 0 Å². The monoisotopic (exact) mass is 317 g/mol. The normalized spacial score (nSPS) is 11.3. The molecule has 1 amide bonds. The first-order chi connectivity index (χ1) is 10.8. The van der Waals surface area contributed by atoms with E-state index in [0.717, 1.165) is 11.4 Å². The van der Waals surface area contributed by atoms with E-state index < -0.39 is 0 Å². The molecule has 1 aromatic heterocycles. The molecule has 4 nitrogen and oxygen atoms in total. The maximum Gasteiger partial charge on any atom is 0.255 e. The minimum absolute atomic E-state index is 0.0461. The summed E-state index contributed by atoms with van der Waals surface area (Å²) in [7, 11) is 0. The summed E-state index contributed by atoms with van der Waals surface area (Å²) in [6, 6.07) is 6.32. The topological polar surface area (TPSA) is 46.9 Å². The van der Waals surface area contributed by atoms with Crippen LogP contribution in [-0.4, -0.2) is 21.7 Å². The maximum atomic E-state index is 13.6. The van der Waals surface area contributed by atoms with E-state index in [0.29, 0.717) is 17.7 Å². The molecule has 0 atom stereocenters. The molecule has 23 heavy (non-hydrogen) atoms. The van der Waals surface area contributed by atoms with Crippen molar-refractivity contribution in [3.8, 4) is 5.69 Å². The number of hydrogen-bond donors (Lipinski definition) is 1. The molecule has 0 saturated heterocycles. The summed E-state index contributed by atoms with van der Waals surface area (Å²) in [5, 5.41) is 7.55. The fourth-order valence-electron chi connectivity index (χ4n) is 2.61. The highest BCUT2D eigenvalue weighted by Crippen LogP contribution is 2.25. The second-order valence-electron chi connectivity index (χ2n) is 6.24. The fraction of sp³-hybridized carbons (Fsp3) is 0.444. The molecule has 124 valence electrons. The van der Waals surface area contributed by atoms with Gasteiger partial charge in [0.2, 0.25) is 0 Å². The Kier molecular flexibility index (Phi) is 5.19. The molecular formula is C18H24FN3O.